The summed E-state index contributed by atoms with van der Waals surface area (Å²) in [4.78, 5) is 12.3. The summed E-state index contributed by atoms with van der Waals surface area (Å²) in [6, 6.07) is 39.6. The Morgan fingerprint density at radius 3 is 1.45 bits per heavy atom. The van der Waals surface area contributed by atoms with Gasteiger partial charge in [0.2, 0.25) is 0 Å². The number of esters is 1. The first kappa shape index (κ1) is 33.1. The summed E-state index contributed by atoms with van der Waals surface area (Å²) in [6.45, 7) is 3.90. The van der Waals surface area contributed by atoms with E-state index >= 15 is 0 Å². The number of hydrogen-bond acceptors (Lipinski definition) is 7. The van der Waals surface area contributed by atoms with Crippen molar-refractivity contribution in [3.05, 3.63) is 144 Å². The molecule has 4 aromatic rings. The molecule has 7 heteroatoms. The Bertz CT molecular complexity index is 1320. The molecule has 4 rings (SSSR count). The predicted molar refractivity (Wildman–Crippen MR) is 171 cm³/mol. The molecule has 0 spiro atoms. The van der Waals surface area contributed by atoms with Gasteiger partial charge in [-0.15, -0.1) is 0 Å². The third-order valence-electron chi connectivity index (χ3n) is 7.21. The van der Waals surface area contributed by atoms with Crippen LogP contribution in [0, 0.1) is 0 Å². The molecule has 0 saturated heterocycles. The monoisotopic (exact) mass is 597 g/mol. The minimum Gasteiger partial charge on any atom is -0.468 e. The first-order chi connectivity index (χ1) is 21.6. The van der Waals surface area contributed by atoms with Gasteiger partial charge in [-0.3, -0.25) is 4.79 Å². The molecule has 0 aromatic heterocycles. The Balaban J connectivity index is 1.60. The molecular formula is C37H43NO6. The van der Waals surface area contributed by atoms with Crippen LogP contribution in [0.15, 0.2) is 121 Å². The van der Waals surface area contributed by atoms with Crippen LogP contribution in [0.5, 0.6) is 0 Å². The van der Waals surface area contributed by atoms with Gasteiger partial charge in [0.15, 0.2) is 0 Å². The predicted octanol–water partition coefficient (Wildman–Crippen LogP) is 6.11. The number of hydrogen-bond donors (Lipinski definition) is 1. The van der Waals surface area contributed by atoms with Crippen molar-refractivity contribution < 1.29 is 28.5 Å². The minimum atomic E-state index is -0.546. The smallest absolute Gasteiger partial charge is 0.322 e. The fourth-order valence-electron chi connectivity index (χ4n) is 4.70. The topological polar surface area (TPSA) is 75.3 Å². The van der Waals surface area contributed by atoms with Crippen molar-refractivity contribution >= 4 is 5.97 Å². The van der Waals surface area contributed by atoms with Gasteiger partial charge in [0.05, 0.1) is 46.2 Å². The maximum atomic E-state index is 12.3. The summed E-state index contributed by atoms with van der Waals surface area (Å²) in [7, 11) is 1.38. The van der Waals surface area contributed by atoms with Gasteiger partial charge in [0.1, 0.15) is 18.2 Å². The molecule has 0 fully saturated rings. The molecule has 0 unspecified atom stereocenters. The van der Waals surface area contributed by atoms with E-state index in [0.29, 0.717) is 33.0 Å². The first-order valence-electron chi connectivity index (χ1n) is 15.0. The van der Waals surface area contributed by atoms with Crippen LogP contribution in [0.25, 0.3) is 0 Å². The fourth-order valence-corrected chi connectivity index (χ4v) is 4.70. The zero-order valence-corrected chi connectivity index (χ0v) is 25.5. The van der Waals surface area contributed by atoms with Gasteiger partial charge in [0, 0.05) is 6.54 Å². The zero-order valence-electron chi connectivity index (χ0n) is 25.5. The molecule has 0 aliphatic carbocycles. The summed E-state index contributed by atoms with van der Waals surface area (Å²) in [6.07, 6.45) is -1.53. The molecule has 232 valence electrons. The van der Waals surface area contributed by atoms with E-state index in [1.807, 2.05) is 121 Å². The number of carbonyl (C=O) groups excluding carboxylic acids is 1. The van der Waals surface area contributed by atoms with E-state index in [9.17, 15) is 4.79 Å². The van der Waals surface area contributed by atoms with Crippen LogP contribution >= 0.6 is 0 Å². The number of benzene rings is 4. The zero-order chi connectivity index (χ0) is 30.8. The highest BCUT2D eigenvalue weighted by molar-refractivity contribution is 5.75. The summed E-state index contributed by atoms with van der Waals surface area (Å²) < 4.78 is 31.0. The Hall–Kier alpha value is -3.85. The highest BCUT2D eigenvalue weighted by Crippen LogP contribution is 2.20. The van der Waals surface area contributed by atoms with E-state index in [2.05, 4.69) is 5.32 Å². The van der Waals surface area contributed by atoms with Crippen molar-refractivity contribution in [3.8, 4) is 0 Å². The molecule has 0 radical (unpaired) electrons. The van der Waals surface area contributed by atoms with Crippen molar-refractivity contribution in [2.45, 2.75) is 57.7 Å². The molecule has 4 aromatic carbocycles. The Kier molecular flexibility index (Phi) is 14.1. The average Bonchev–Trinajstić information content (AvgIpc) is 3.08. The normalized spacial score (nSPS) is 14.0. The van der Waals surface area contributed by atoms with E-state index in [-0.39, 0.29) is 12.6 Å². The van der Waals surface area contributed by atoms with Gasteiger partial charge >= 0.3 is 5.97 Å². The van der Waals surface area contributed by atoms with Gasteiger partial charge in [-0.05, 0) is 29.2 Å². The minimum absolute atomic E-state index is 0.277. The third kappa shape index (κ3) is 11.3. The lowest BCUT2D eigenvalue weighted by molar-refractivity contribution is -0.168. The second-order valence-corrected chi connectivity index (χ2v) is 10.6. The molecule has 0 heterocycles. The van der Waals surface area contributed by atoms with E-state index in [0.717, 1.165) is 22.3 Å². The molecule has 1 N–H and O–H groups in total. The fraction of sp³-hybridized carbons (Fsp3) is 0.324. The second kappa shape index (κ2) is 18.7. The average molecular weight is 598 g/mol. The van der Waals surface area contributed by atoms with Gasteiger partial charge in [0.25, 0.3) is 0 Å². The molecule has 0 aliphatic rings. The van der Waals surface area contributed by atoms with E-state index in [1.54, 1.807) is 6.92 Å². The third-order valence-corrected chi connectivity index (χ3v) is 7.21. The Labute approximate surface area is 261 Å². The summed E-state index contributed by atoms with van der Waals surface area (Å²) in [5, 5.41) is 3.28. The Morgan fingerprint density at radius 1 is 0.591 bits per heavy atom. The van der Waals surface area contributed by atoms with Crippen LogP contribution in [0.1, 0.15) is 29.2 Å². The van der Waals surface area contributed by atoms with Crippen LogP contribution in [0.4, 0.5) is 0 Å². The number of ether oxygens (including phenoxy) is 5. The maximum Gasteiger partial charge on any atom is 0.322 e. The van der Waals surface area contributed by atoms with Crippen LogP contribution in [-0.2, 0) is 54.9 Å². The SMILES string of the molecule is COC(=O)[C@H](C)NC[C@H](OCc1ccccc1)[C@H](OCc1ccccc1)[C@@H](COCc1ccccc1)OCc1ccccc1. The summed E-state index contributed by atoms with van der Waals surface area (Å²) >= 11 is 0. The molecule has 0 saturated carbocycles. The van der Waals surface area contributed by atoms with Gasteiger partial charge < -0.3 is 29.0 Å². The molecule has 4 atom stereocenters. The summed E-state index contributed by atoms with van der Waals surface area (Å²) in [5.41, 5.74) is 4.17. The van der Waals surface area contributed by atoms with Crippen molar-refractivity contribution in [1.82, 2.24) is 5.32 Å². The lowest BCUT2D eigenvalue weighted by Gasteiger charge is -2.34. The number of carbonyl (C=O) groups is 1. The number of rotatable bonds is 19. The van der Waals surface area contributed by atoms with Gasteiger partial charge in [-0.25, -0.2) is 0 Å². The number of nitrogens with one attached hydrogen (secondary N) is 1. The largest absolute Gasteiger partial charge is 0.468 e. The molecule has 44 heavy (non-hydrogen) atoms. The standard InChI is InChI=1S/C37H43NO6/c1-29(37(39)40-2)38-23-34(42-25-31-17-9-4-10-18-31)36(44-27-33-21-13-6-14-22-33)35(43-26-32-19-11-5-12-20-32)28-41-24-30-15-7-3-8-16-30/h3-22,29,34-36,38H,23-28H2,1-2H3/t29-,34-,35+,36-/m0/s1. The molecule has 7 nitrogen and oxygen atoms in total. The van der Waals surface area contributed by atoms with Gasteiger partial charge in [-0.1, -0.05) is 121 Å². The van der Waals surface area contributed by atoms with Crippen molar-refractivity contribution in [3.63, 3.8) is 0 Å². The van der Waals surface area contributed by atoms with Gasteiger partial charge in [-0.2, -0.15) is 0 Å². The molecular weight excluding hydrogens is 554 g/mol. The highest BCUT2D eigenvalue weighted by Gasteiger charge is 2.34. The van der Waals surface area contributed by atoms with E-state index in [4.69, 9.17) is 23.7 Å². The van der Waals surface area contributed by atoms with Crippen LogP contribution in [0.3, 0.4) is 0 Å². The van der Waals surface area contributed by atoms with E-state index < -0.39 is 24.4 Å². The highest BCUT2D eigenvalue weighted by atomic mass is 16.6. The van der Waals surface area contributed by atoms with Crippen molar-refractivity contribution in [2.75, 3.05) is 20.3 Å². The Morgan fingerprint density at radius 2 is 1.00 bits per heavy atom. The first-order valence-corrected chi connectivity index (χ1v) is 15.0. The molecule has 0 aliphatic heterocycles. The quantitative estimate of drug-likeness (QED) is 0.131. The van der Waals surface area contributed by atoms with Crippen LogP contribution in [-0.4, -0.2) is 50.6 Å². The van der Waals surface area contributed by atoms with E-state index in [1.165, 1.54) is 7.11 Å². The lowest BCUT2D eigenvalue weighted by atomic mass is 10.1. The van der Waals surface area contributed by atoms with Crippen LogP contribution in [0.2, 0.25) is 0 Å². The summed E-state index contributed by atoms with van der Waals surface area (Å²) in [5.74, 6) is -0.350. The molecule has 0 bridgehead atoms. The molecule has 0 amide bonds. The van der Waals surface area contributed by atoms with Crippen molar-refractivity contribution in [1.29, 1.82) is 0 Å². The maximum absolute atomic E-state index is 12.3. The second-order valence-electron chi connectivity index (χ2n) is 10.6. The number of methoxy groups -OCH3 is 1. The van der Waals surface area contributed by atoms with Crippen molar-refractivity contribution in [2.24, 2.45) is 0 Å². The van der Waals surface area contributed by atoms with Crippen LogP contribution < -0.4 is 5.32 Å². The lowest BCUT2D eigenvalue weighted by Crippen LogP contribution is -2.51.